The lowest BCUT2D eigenvalue weighted by Crippen LogP contribution is -2.54. The van der Waals surface area contributed by atoms with Crippen LogP contribution in [0.25, 0.3) is 6.08 Å². The van der Waals surface area contributed by atoms with Crippen molar-refractivity contribution in [2.24, 2.45) is 0 Å². The smallest absolute Gasteiger partial charge is 0.331 e. The molecule has 7 nitrogen and oxygen atoms in total. The fourth-order valence-electron chi connectivity index (χ4n) is 2.97. The molecule has 9 heteroatoms. The Kier molecular flexibility index (Phi) is 7.92. The van der Waals surface area contributed by atoms with Gasteiger partial charge in [0.2, 0.25) is 0 Å². The molecular weight excluding hydrogens is 547 g/mol. The number of barbiturate groups is 1. The number of carbonyl (C=O) groups is 3. The van der Waals surface area contributed by atoms with Crippen molar-refractivity contribution < 1.29 is 23.9 Å². The highest BCUT2D eigenvalue weighted by Gasteiger charge is 2.35. The molecule has 1 aliphatic rings. The van der Waals surface area contributed by atoms with Crippen molar-refractivity contribution >= 4 is 58.1 Å². The molecule has 166 valence electrons. The number of benzene rings is 2. The lowest BCUT2D eigenvalue weighted by Gasteiger charge is -2.25. The molecule has 0 unspecified atom stereocenters. The molecule has 0 bridgehead atoms. The number of hydrogen-bond acceptors (Lipinski definition) is 5. The molecule has 0 spiro atoms. The number of hydrogen-bond donors (Lipinski definition) is 1. The van der Waals surface area contributed by atoms with Crippen LogP contribution in [-0.2, 0) is 16.2 Å². The molecule has 4 amide bonds. The predicted octanol–water partition coefficient (Wildman–Crippen LogP) is 4.57. The fraction of sp³-hybridized carbons (Fsp3) is 0.174. The molecule has 0 aliphatic carbocycles. The first kappa shape index (κ1) is 23.8. The SMILES string of the molecule is C=CCN1C(=O)NC(=O)C(=Cc2cc(I)c(OCc3ccc(Cl)cc3)c(OCC)c2)C1=O. The van der Waals surface area contributed by atoms with Crippen molar-refractivity contribution in [2.75, 3.05) is 13.2 Å². The van der Waals surface area contributed by atoms with Crippen molar-refractivity contribution in [1.82, 2.24) is 10.2 Å². The van der Waals surface area contributed by atoms with Gasteiger partial charge in [-0.15, -0.1) is 6.58 Å². The van der Waals surface area contributed by atoms with E-state index in [1.54, 1.807) is 24.3 Å². The summed E-state index contributed by atoms with van der Waals surface area (Å²) in [6.07, 6.45) is 2.84. The highest BCUT2D eigenvalue weighted by atomic mass is 127. The Morgan fingerprint density at radius 1 is 1.16 bits per heavy atom. The van der Waals surface area contributed by atoms with Gasteiger partial charge >= 0.3 is 6.03 Å². The second-order valence-electron chi connectivity index (χ2n) is 6.70. The van der Waals surface area contributed by atoms with E-state index in [-0.39, 0.29) is 12.1 Å². The maximum Gasteiger partial charge on any atom is 0.331 e. The maximum atomic E-state index is 12.6. The number of nitrogens with one attached hydrogen (secondary N) is 1. The summed E-state index contributed by atoms with van der Waals surface area (Å²) in [6, 6.07) is 10.0. The van der Waals surface area contributed by atoms with Crippen molar-refractivity contribution in [3.63, 3.8) is 0 Å². The number of amides is 4. The summed E-state index contributed by atoms with van der Waals surface area (Å²) >= 11 is 8.03. The van der Waals surface area contributed by atoms with Crippen LogP contribution in [0.15, 0.2) is 54.6 Å². The van der Waals surface area contributed by atoms with Crippen LogP contribution in [-0.4, -0.2) is 35.9 Å². The molecule has 1 saturated heterocycles. The van der Waals surface area contributed by atoms with Gasteiger partial charge in [-0.1, -0.05) is 29.8 Å². The lowest BCUT2D eigenvalue weighted by atomic mass is 10.1. The normalized spacial score (nSPS) is 15.0. The zero-order valence-electron chi connectivity index (χ0n) is 17.2. The maximum absolute atomic E-state index is 12.6. The van der Waals surface area contributed by atoms with Crippen LogP contribution in [0.1, 0.15) is 18.1 Å². The van der Waals surface area contributed by atoms with E-state index in [1.165, 1.54) is 12.2 Å². The number of rotatable bonds is 8. The van der Waals surface area contributed by atoms with E-state index in [0.717, 1.165) is 14.0 Å². The summed E-state index contributed by atoms with van der Waals surface area (Å²) in [7, 11) is 0. The second kappa shape index (κ2) is 10.6. The molecule has 0 radical (unpaired) electrons. The Morgan fingerprint density at radius 2 is 1.88 bits per heavy atom. The Bertz CT molecular complexity index is 1100. The minimum absolute atomic E-state index is 0.00546. The number of imide groups is 2. The van der Waals surface area contributed by atoms with Gasteiger partial charge in [0.15, 0.2) is 11.5 Å². The zero-order chi connectivity index (χ0) is 23.3. The first-order valence-electron chi connectivity index (χ1n) is 9.67. The van der Waals surface area contributed by atoms with Crippen LogP contribution in [0.3, 0.4) is 0 Å². The van der Waals surface area contributed by atoms with Gasteiger partial charge in [0.05, 0.1) is 10.2 Å². The summed E-state index contributed by atoms with van der Waals surface area (Å²) in [4.78, 5) is 37.7. The minimum atomic E-state index is -0.771. The monoisotopic (exact) mass is 566 g/mol. The largest absolute Gasteiger partial charge is 0.490 e. The van der Waals surface area contributed by atoms with Gasteiger partial charge in [0.1, 0.15) is 12.2 Å². The summed E-state index contributed by atoms with van der Waals surface area (Å²) in [5.41, 5.74) is 1.35. The fourth-order valence-corrected chi connectivity index (χ4v) is 3.87. The van der Waals surface area contributed by atoms with Crippen molar-refractivity contribution in [1.29, 1.82) is 0 Å². The Hall–Kier alpha value is -2.85. The van der Waals surface area contributed by atoms with Crippen molar-refractivity contribution in [3.05, 3.63) is 74.3 Å². The van der Waals surface area contributed by atoms with Gasteiger partial charge in [-0.2, -0.15) is 0 Å². The molecule has 1 fully saturated rings. The molecule has 3 rings (SSSR count). The molecule has 2 aromatic rings. The van der Waals surface area contributed by atoms with Crippen LogP contribution in [0.2, 0.25) is 5.02 Å². The average Bonchev–Trinajstić information content (AvgIpc) is 2.75. The minimum Gasteiger partial charge on any atom is -0.490 e. The highest BCUT2D eigenvalue weighted by molar-refractivity contribution is 14.1. The number of halogens is 2. The molecular formula is C23H20ClIN2O5. The van der Waals surface area contributed by atoms with Gasteiger partial charge in [-0.05, 0) is 71.0 Å². The quantitative estimate of drug-likeness (QED) is 0.219. The first-order valence-corrected chi connectivity index (χ1v) is 11.1. The Balaban J connectivity index is 1.91. The van der Waals surface area contributed by atoms with E-state index in [2.05, 4.69) is 34.5 Å². The predicted molar refractivity (Wildman–Crippen MR) is 130 cm³/mol. The summed E-state index contributed by atoms with van der Waals surface area (Å²) in [6.45, 7) is 6.08. The van der Waals surface area contributed by atoms with Crippen LogP contribution >= 0.6 is 34.2 Å². The van der Waals surface area contributed by atoms with Gasteiger partial charge in [0.25, 0.3) is 11.8 Å². The van der Waals surface area contributed by atoms with Crippen LogP contribution in [0.5, 0.6) is 11.5 Å². The van der Waals surface area contributed by atoms with Crippen molar-refractivity contribution in [3.8, 4) is 11.5 Å². The van der Waals surface area contributed by atoms with E-state index < -0.39 is 17.8 Å². The Labute approximate surface area is 204 Å². The summed E-state index contributed by atoms with van der Waals surface area (Å²) in [5.74, 6) is -0.415. The third kappa shape index (κ3) is 5.49. The molecule has 1 N–H and O–H groups in total. The van der Waals surface area contributed by atoms with Gasteiger partial charge in [-0.3, -0.25) is 19.8 Å². The molecule has 1 heterocycles. The third-order valence-electron chi connectivity index (χ3n) is 4.44. The zero-order valence-corrected chi connectivity index (χ0v) is 20.1. The first-order chi connectivity index (χ1) is 15.3. The third-order valence-corrected chi connectivity index (χ3v) is 5.49. The molecule has 32 heavy (non-hydrogen) atoms. The van der Waals surface area contributed by atoms with Crippen LogP contribution < -0.4 is 14.8 Å². The number of urea groups is 1. The molecule has 0 atom stereocenters. The number of ether oxygens (including phenoxy) is 2. The van der Waals surface area contributed by atoms with Gasteiger partial charge in [0, 0.05) is 11.6 Å². The second-order valence-corrected chi connectivity index (χ2v) is 8.30. The highest BCUT2D eigenvalue weighted by Crippen LogP contribution is 2.36. The average molecular weight is 567 g/mol. The van der Waals surface area contributed by atoms with E-state index in [0.29, 0.717) is 35.3 Å². The van der Waals surface area contributed by atoms with E-state index in [4.69, 9.17) is 21.1 Å². The van der Waals surface area contributed by atoms with Gasteiger partial charge < -0.3 is 9.47 Å². The van der Waals surface area contributed by atoms with E-state index >= 15 is 0 Å². The molecule has 0 saturated carbocycles. The Morgan fingerprint density at radius 3 is 2.53 bits per heavy atom. The summed E-state index contributed by atoms with van der Waals surface area (Å²) in [5, 5.41) is 2.81. The summed E-state index contributed by atoms with van der Waals surface area (Å²) < 4.78 is 12.5. The molecule has 0 aromatic heterocycles. The number of carbonyl (C=O) groups excluding carboxylic acids is 3. The lowest BCUT2D eigenvalue weighted by molar-refractivity contribution is -0.129. The van der Waals surface area contributed by atoms with Gasteiger partial charge in [-0.25, -0.2) is 4.79 Å². The molecule has 1 aliphatic heterocycles. The van der Waals surface area contributed by atoms with Crippen LogP contribution in [0.4, 0.5) is 4.79 Å². The molecule has 2 aromatic carbocycles. The van der Waals surface area contributed by atoms with E-state index in [9.17, 15) is 14.4 Å². The van der Waals surface area contributed by atoms with E-state index in [1.807, 2.05) is 19.1 Å². The van der Waals surface area contributed by atoms with Crippen LogP contribution in [0, 0.1) is 3.57 Å². The number of nitrogens with zero attached hydrogens (tertiary/aromatic N) is 1. The van der Waals surface area contributed by atoms with Crippen molar-refractivity contribution in [2.45, 2.75) is 13.5 Å². The standard InChI is InChI=1S/C23H20ClIN2O5/c1-3-9-27-22(29)17(21(28)26-23(27)30)10-15-11-18(25)20(19(12-15)31-4-2)32-13-14-5-7-16(24)8-6-14/h3,5-8,10-12H,1,4,9,13H2,2H3,(H,26,28,30). The topological polar surface area (TPSA) is 84.9 Å².